The molecule has 2 aromatic heterocycles. The number of aliphatic imine (C=N–C) groups is 1. The van der Waals surface area contributed by atoms with Gasteiger partial charge in [-0.1, -0.05) is 36.4 Å². The lowest BCUT2D eigenvalue weighted by Crippen LogP contribution is -2.46. The zero-order valence-electron chi connectivity index (χ0n) is 17.6. The van der Waals surface area contributed by atoms with Gasteiger partial charge in [0.1, 0.15) is 0 Å². The van der Waals surface area contributed by atoms with Gasteiger partial charge in [-0.25, -0.2) is 9.98 Å². The minimum absolute atomic E-state index is 0.117. The standard InChI is InChI=1S/C24H26N6O/c1-17-14-21(31)30-22(20-8-5-11-25-16-20)27-23(28-24(30)26-17)29-12-9-19(10-13-29)15-18-6-3-2-4-7-18/h2-8,11,14,16,19,22H,9-10,12-13,15H2,1H3,(H,26,27,28)/t22-/m0/s1. The van der Waals surface area contributed by atoms with Crippen LogP contribution in [0.3, 0.4) is 0 Å². The number of likely N-dealkylation sites (tertiary alicyclic amines) is 1. The molecular weight excluding hydrogens is 388 g/mol. The Kier molecular flexibility index (Phi) is 5.24. The Labute approximate surface area is 181 Å². The van der Waals surface area contributed by atoms with Gasteiger partial charge in [-0.3, -0.25) is 19.7 Å². The maximum absolute atomic E-state index is 12.7. The molecule has 0 saturated carbocycles. The molecule has 0 bridgehead atoms. The quantitative estimate of drug-likeness (QED) is 0.712. The summed E-state index contributed by atoms with van der Waals surface area (Å²) in [5.41, 5.74) is 2.85. The second kappa shape index (κ2) is 8.34. The minimum atomic E-state index is -0.470. The van der Waals surface area contributed by atoms with Gasteiger partial charge in [-0.2, -0.15) is 0 Å². The molecule has 5 rings (SSSR count). The molecule has 158 valence electrons. The number of piperidine rings is 1. The third-order valence-electron chi connectivity index (χ3n) is 6.06. The van der Waals surface area contributed by atoms with Crippen molar-refractivity contribution in [1.29, 1.82) is 0 Å². The second-order valence-corrected chi connectivity index (χ2v) is 8.29. The summed E-state index contributed by atoms with van der Waals surface area (Å²) in [4.78, 5) is 28.8. The number of guanidine groups is 1. The Hall–Kier alpha value is -3.48. The summed E-state index contributed by atoms with van der Waals surface area (Å²) in [6, 6.07) is 16.1. The number of aromatic nitrogens is 3. The number of hydrogen-bond acceptors (Lipinski definition) is 6. The molecule has 7 nitrogen and oxygen atoms in total. The lowest BCUT2D eigenvalue weighted by atomic mass is 9.90. The van der Waals surface area contributed by atoms with Crippen molar-refractivity contribution in [2.24, 2.45) is 10.9 Å². The lowest BCUT2D eigenvalue weighted by molar-refractivity contribution is 0.262. The Bertz CT molecular complexity index is 1130. The van der Waals surface area contributed by atoms with E-state index in [1.54, 1.807) is 23.0 Å². The van der Waals surface area contributed by atoms with Crippen LogP contribution < -0.4 is 10.9 Å². The van der Waals surface area contributed by atoms with Gasteiger partial charge in [0, 0.05) is 42.8 Å². The topological polar surface area (TPSA) is 75.4 Å². The highest BCUT2D eigenvalue weighted by atomic mass is 16.1. The fourth-order valence-corrected chi connectivity index (χ4v) is 4.45. The van der Waals surface area contributed by atoms with E-state index in [0.717, 1.165) is 43.9 Å². The molecule has 1 aromatic carbocycles. The number of pyridine rings is 1. The molecule has 7 heteroatoms. The first-order valence-electron chi connectivity index (χ1n) is 10.8. The van der Waals surface area contributed by atoms with E-state index >= 15 is 0 Å². The van der Waals surface area contributed by atoms with Crippen molar-refractivity contribution < 1.29 is 0 Å². The van der Waals surface area contributed by atoms with E-state index in [0.29, 0.717) is 17.6 Å². The Morgan fingerprint density at radius 3 is 2.65 bits per heavy atom. The highest BCUT2D eigenvalue weighted by molar-refractivity contribution is 5.93. The van der Waals surface area contributed by atoms with Crippen LogP contribution in [0.2, 0.25) is 0 Å². The van der Waals surface area contributed by atoms with E-state index in [4.69, 9.17) is 4.99 Å². The largest absolute Gasteiger partial charge is 0.343 e. The predicted octanol–water partition coefficient (Wildman–Crippen LogP) is 3.23. The van der Waals surface area contributed by atoms with Crippen LogP contribution in [0, 0.1) is 12.8 Å². The number of nitrogens with one attached hydrogen (secondary N) is 1. The second-order valence-electron chi connectivity index (χ2n) is 8.29. The smallest absolute Gasteiger partial charge is 0.257 e. The van der Waals surface area contributed by atoms with Gasteiger partial charge in [-0.05, 0) is 43.7 Å². The van der Waals surface area contributed by atoms with E-state index in [1.807, 2.05) is 19.1 Å². The van der Waals surface area contributed by atoms with Crippen LogP contribution in [0.25, 0.3) is 0 Å². The van der Waals surface area contributed by atoms with Gasteiger partial charge in [0.25, 0.3) is 5.56 Å². The molecule has 0 aliphatic carbocycles. The average Bonchev–Trinajstić information content (AvgIpc) is 2.80. The first-order chi connectivity index (χ1) is 15.2. The Morgan fingerprint density at radius 2 is 1.90 bits per heavy atom. The number of aryl methyl sites for hydroxylation is 1. The van der Waals surface area contributed by atoms with Gasteiger partial charge in [0.2, 0.25) is 11.9 Å². The maximum atomic E-state index is 12.7. The zero-order valence-corrected chi connectivity index (χ0v) is 17.6. The first-order valence-corrected chi connectivity index (χ1v) is 10.8. The van der Waals surface area contributed by atoms with Gasteiger partial charge < -0.3 is 4.90 Å². The SMILES string of the molecule is Cc1cc(=O)n2c(n1)NC(N1CCC(Cc3ccccc3)CC1)=N[C@@H]2c1cccnc1. The van der Waals surface area contributed by atoms with Crippen molar-refractivity contribution in [3.63, 3.8) is 0 Å². The number of hydrogen-bond donors (Lipinski definition) is 1. The van der Waals surface area contributed by atoms with Crippen molar-refractivity contribution in [1.82, 2.24) is 19.4 Å². The average molecular weight is 415 g/mol. The molecule has 2 aliphatic rings. The van der Waals surface area contributed by atoms with Crippen LogP contribution in [0.15, 0.2) is 70.7 Å². The summed E-state index contributed by atoms with van der Waals surface area (Å²) in [7, 11) is 0. The zero-order chi connectivity index (χ0) is 21.2. The summed E-state index contributed by atoms with van der Waals surface area (Å²) < 4.78 is 1.61. The van der Waals surface area contributed by atoms with Crippen LogP contribution in [0.5, 0.6) is 0 Å². The number of nitrogens with zero attached hydrogens (tertiary/aromatic N) is 5. The number of rotatable bonds is 3. The summed E-state index contributed by atoms with van der Waals surface area (Å²) in [6.45, 7) is 3.70. The monoisotopic (exact) mass is 414 g/mol. The van der Waals surface area contributed by atoms with E-state index in [1.165, 1.54) is 5.56 Å². The van der Waals surface area contributed by atoms with Crippen LogP contribution in [-0.4, -0.2) is 38.5 Å². The first kappa shape index (κ1) is 19.5. The summed E-state index contributed by atoms with van der Waals surface area (Å²) in [5, 5.41) is 3.32. The molecule has 1 N–H and O–H groups in total. The molecule has 4 heterocycles. The third kappa shape index (κ3) is 4.08. The van der Waals surface area contributed by atoms with Gasteiger partial charge in [0.05, 0.1) is 0 Å². The Balaban J connectivity index is 1.38. The summed E-state index contributed by atoms with van der Waals surface area (Å²) in [6.07, 6.45) is 6.36. The molecule has 0 spiro atoms. The van der Waals surface area contributed by atoms with Gasteiger partial charge >= 0.3 is 0 Å². The van der Waals surface area contributed by atoms with E-state index in [-0.39, 0.29) is 5.56 Å². The fourth-order valence-electron chi connectivity index (χ4n) is 4.45. The molecule has 31 heavy (non-hydrogen) atoms. The van der Waals surface area contributed by atoms with E-state index in [2.05, 4.69) is 50.5 Å². The summed E-state index contributed by atoms with van der Waals surface area (Å²) >= 11 is 0. The highest BCUT2D eigenvalue weighted by Gasteiger charge is 2.29. The molecule has 2 aliphatic heterocycles. The van der Waals surface area contributed by atoms with Crippen molar-refractivity contribution >= 4 is 11.9 Å². The Morgan fingerprint density at radius 1 is 1.10 bits per heavy atom. The van der Waals surface area contributed by atoms with Crippen LogP contribution in [-0.2, 0) is 6.42 Å². The molecule has 0 radical (unpaired) electrons. The summed E-state index contributed by atoms with van der Waals surface area (Å²) in [5.74, 6) is 1.99. The molecular formula is C24H26N6O. The normalized spacial score (nSPS) is 18.8. The molecule has 1 atom stereocenters. The minimum Gasteiger partial charge on any atom is -0.343 e. The molecule has 3 aromatic rings. The number of benzene rings is 1. The van der Waals surface area contributed by atoms with Crippen molar-refractivity contribution in [2.45, 2.75) is 32.4 Å². The van der Waals surface area contributed by atoms with Gasteiger partial charge in [0.15, 0.2) is 6.17 Å². The van der Waals surface area contributed by atoms with Crippen molar-refractivity contribution in [2.75, 3.05) is 18.4 Å². The van der Waals surface area contributed by atoms with Crippen molar-refractivity contribution in [3.8, 4) is 0 Å². The third-order valence-corrected chi connectivity index (χ3v) is 6.06. The number of anilines is 1. The highest BCUT2D eigenvalue weighted by Crippen LogP contribution is 2.28. The van der Waals surface area contributed by atoms with E-state index in [9.17, 15) is 4.79 Å². The molecule has 1 fully saturated rings. The maximum Gasteiger partial charge on any atom is 0.257 e. The molecule has 0 amide bonds. The van der Waals surface area contributed by atoms with Crippen LogP contribution in [0.1, 0.15) is 35.8 Å². The van der Waals surface area contributed by atoms with Crippen molar-refractivity contribution in [3.05, 3.63) is 88.1 Å². The molecule has 1 saturated heterocycles. The number of fused-ring (bicyclic) bond motifs is 1. The molecule has 0 unspecified atom stereocenters. The van der Waals surface area contributed by atoms with Crippen LogP contribution in [0.4, 0.5) is 5.95 Å². The fraction of sp³-hybridized carbons (Fsp3) is 0.333. The predicted molar refractivity (Wildman–Crippen MR) is 121 cm³/mol. The van der Waals surface area contributed by atoms with Gasteiger partial charge in [-0.15, -0.1) is 0 Å². The lowest BCUT2D eigenvalue weighted by Gasteiger charge is -2.37. The van der Waals surface area contributed by atoms with E-state index < -0.39 is 6.17 Å². The van der Waals surface area contributed by atoms with Crippen LogP contribution >= 0.6 is 0 Å².